The van der Waals surface area contributed by atoms with Crippen LogP contribution in [0.1, 0.15) is 19.3 Å². The first kappa shape index (κ1) is 15.2. The molecule has 0 aliphatic carbocycles. The Balaban J connectivity index is 1.40. The predicted octanol–water partition coefficient (Wildman–Crippen LogP) is 0.800. The minimum Gasteiger partial charge on any atom is -0.447 e. The highest BCUT2D eigenvalue weighted by Gasteiger charge is 2.49. The number of hydrogen-bond donors (Lipinski definition) is 1. The average molecular weight is 339 g/mol. The van der Waals surface area contributed by atoms with E-state index < -0.39 is 21.2 Å². The Morgan fingerprint density at radius 2 is 1.70 bits per heavy atom. The van der Waals surface area contributed by atoms with Gasteiger partial charge in [-0.2, -0.15) is 0 Å². The standard InChI is InChI=1S/C16H21NO5S/c18-15(6-9-23(19,20)10-7-15)11-17-8-5-16(12-17)21-13-3-1-2-4-14(13)22-16/h1-4,18H,5-12H2. The van der Waals surface area contributed by atoms with Gasteiger partial charge in [-0.05, 0) is 25.0 Å². The van der Waals surface area contributed by atoms with Crippen molar-refractivity contribution in [2.45, 2.75) is 30.7 Å². The number of sulfone groups is 1. The van der Waals surface area contributed by atoms with Crippen LogP contribution in [0.25, 0.3) is 0 Å². The normalized spacial score (nSPS) is 27.3. The summed E-state index contributed by atoms with van der Waals surface area (Å²) in [6.45, 7) is 1.81. The quantitative estimate of drug-likeness (QED) is 0.859. The second-order valence-corrected chi connectivity index (χ2v) is 9.20. The molecule has 0 unspecified atom stereocenters. The third-order valence-electron chi connectivity index (χ3n) is 4.99. The number of likely N-dealkylation sites (tertiary alicyclic amines) is 1. The van der Waals surface area contributed by atoms with Gasteiger partial charge in [-0.25, -0.2) is 8.42 Å². The third kappa shape index (κ3) is 2.93. The number of rotatable bonds is 2. The van der Waals surface area contributed by atoms with Gasteiger partial charge in [0.15, 0.2) is 21.3 Å². The van der Waals surface area contributed by atoms with Crippen molar-refractivity contribution in [2.24, 2.45) is 0 Å². The minimum atomic E-state index is -2.97. The van der Waals surface area contributed by atoms with E-state index in [4.69, 9.17) is 9.47 Å². The Labute approximate surface area is 135 Å². The molecule has 2 saturated heterocycles. The third-order valence-corrected chi connectivity index (χ3v) is 6.64. The number of fused-ring (bicyclic) bond motifs is 1. The van der Waals surface area contributed by atoms with E-state index >= 15 is 0 Å². The van der Waals surface area contributed by atoms with Gasteiger partial charge in [0.05, 0.1) is 23.7 Å². The van der Waals surface area contributed by atoms with Gasteiger partial charge in [0.1, 0.15) is 0 Å². The molecule has 4 rings (SSSR count). The molecule has 1 N–H and O–H groups in total. The summed E-state index contributed by atoms with van der Waals surface area (Å²) in [6, 6.07) is 7.62. The maximum Gasteiger partial charge on any atom is 0.265 e. The van der Waals surface area contributed by atoms with E-state index in [1.165, 1.54) is 0 Å². The van der Waals surface area contributed by atoms with E-state index in [1.54, 1.807) is 0 Å². The minimum absolute atomic E-state index is 0.0704. The SMILES string of the molecule is O=S1(=O)CCC(O)(CN2CCC3(C2)Oc2ccccc2O3)CC1. The summed E-state index contributed by atoms with van der Waals surface area (Å²) in [5.41, 5.74) is -0.928. The van der Waals surface area contributed by atoms with Crippen LogP contribution in [0, 0.1) is 0 Å². The van der Waals surface area contributed by atoms with Crippen LogP contribution < -0.4 is 9.47 Å². The summed E-state index contributed by atoms with van der Waals surface area (Å²) >= 11 is 0. The Bertz CT molecular complexity index is 678. The summed E-state index contributed by atoms with van der Waals surface area (Å²) in [4.78, 5) is 2.11. The lowest BCUT2D eigenvalue weighted by atomic mass is 9.96. The fraction of sp³-hybridized carbons (Fsp3) is 0.625. The largest absolute Gasteiger partial charge is 0.447 e. The fourth-order valence-corrected chi connectivity index (χ4v) is 5.25. The summed E-state index contributed by atoms with van der Waals surface area (Å²) in [6.07, 6.45) is 1.34. The number of nitrogens with zero attached hydrogens (tertiary/aromatic N) is 1. The Kier molecular flexibility index (Phi) is 3.37. The van der Waals surface area contributed by atoms with Gasteiger partial charge in [-0.15, -0.1) is 0 Å². The van der Waals surface area contributed by atoms with Crippen LogP contribution in [0.5, 0.6) is 11.5 Å². The van der Waals surface area contributed by atoms with Crippen LogP contribution in [0.15, 0.2) is 24.3 Å². The van der Waals surface area contributed by atoms with Crippen LogP contribution in [0.3, 0.4) is 0 Å². The molecule has 3 aliphatic rings. The number of para-hydroxylation sites is 2. The highest BCUT2D eigenvalue weighted by molar-refractivity contribution is 7.91. The number of ether oxygens (including phenoxy) is 2. The molecule has 6 nitrogen and oxygen atoms in total. The van der Waals surface area contributed by atoms with Crippen molar-refractivity contribution in [1.29, 1.82) is 0 Å². The van der Waals surface area contributed by atoms with Crippen LogP contribution in [0.2, 0.25) is 0 Å². The molecule has 1 spiro atoms. The predicted molar refractivity (Wildman–Crippen MR) is 84.3 cm³/mol. The second kappa shape index (κ2) is 5.09. The first-order valence-electron chi connectivity index (χ1n) is 7.99. The molecule has 0 saturated carbocycles. The maximum absolute atomic E-state index is 11.5. The van der Waals surface area contributed by atoms with E-state index in [0.717, 1.165) is 24.5 Å². The zero-order valence-corrected chi connectivity index (χ0v) is 13.7. The molecule has 0 radical (unpaired) electrons. The molecular weight excluding hydrogens is 318 g/mol. The van der Waals surface area contributed by atoms with Crippen LogP contribution in [-0.4, -0.2) is 61.0 Å². The molecule has 0 bridgehead atoms. The monoisotopic (exact) mass is 339 g/mol. The van der Waals surface area contributed by atoms with Gasteiger partial charge in [-0.1, -0.05) is 12.1 Å². The fourth-order valence-electron chi connectivity index (χ4n) is 3.66. The first-order chi connectivity index (χ1) is 10.9. The Morgan fingerprint density at radius 3 is 2.30 bits per heavy atom. The summed E-state index contributed by atoms with van der Waals surface area (Å²) in [7, 11) is -2.97. The Hall–Kier alpha value is -1.31. The van der Waals surface area contributed by atoms with Crippen LogP contribution >= 0.6 is 0 Å². The lowest BCUT2D eigenvalue weighted by Gasteiger charge is -2.35. The number of β-amino-alcohol motifs (C(OH)–C–C–N with tert-alkyl or cyclic N) is 1. The molecule has 0 aromatic heterocycles. The molecule has 0 amide bonds. The van der Waals surface area contributed by atoms with E-state index in [0.29, 0.717) is 25.9 Å². The van der Waals surface area contributed by atoms with Gasteiger partial charge in [0.25, 0.3) is 5.79 Å². The van der Waals surface area contributed by atoms with Crippen molar-refractivity contribution >= 4 is 9.84 Å². The van der Waals surface area contributed by atoms with Crippen molar-refractivity contribution < 1.29 is 23.0 Å². The lowest BCUT2D eigenvalue weighted by molar-refractivity contribution is -0.0739. The summed E-state index contributed by atoms with van der Waals surface area (Å²) in [5.74, 6) is 0.997. The highest BCUT2D eigenvalue weighted by Crippen LogP contribution is 2.43. The van der Waals surface area contributed by atoms with Crippen LogP contribution in [-0.2, 0) is 9.84 Å². The molecule has 3 heterocycles. The first-order valence-corrected chi connectivity index (χ1v) is 9.82. The number of hydrogen-bond acceptors (Lipinski definition) is 6. The van der Waals surface area contributed by atoms with Gasteiger partial charge >= 0.3 is 0 Å². The highest BCUT2D eigenvalue weighted by atomic mass is 32.2. The van der Waals surface area contributed by atoms with Gasteiger partial charge < -0.3 is 14.6 Å². The lowest BCUT2D eigenvalue weighted by Crippen LogP contribution is -2.49. The molecule has 0 atom stereocenters. The van der Waals surface area contributed by atoms with Crippen molar-refractivity contribution in [3.8, 4) is 11.5 Å². The number of benzene rings is 1. The van der Waals surface area contributed by atoms with Crippen molar-refractivity contribution in [3.05, 3.63) is 24.3 Å². The van der Waals surface area contributed by atoms with Crippen LogP contribution in [0.4, 0.5) is 0 Å². The Morgan fingerprint density at radius 1 is 1.09 bits per heavy atom. The molecule has 2 fully saturated rings. The smallest absolute Gasteiger partial charge is 0.265 e. The van der Waals surface area contributed by atoms with E-state index in [-0.39, 0.29) is 11.5 Å². The van der Waals surface area contributed by atoms with E-state index in [1.807, 2.05) is 24.3 Å². The molecule has 126 valence electrons. The van der Waals surface area contributed by atoms with Crippen molar-refractivity contribution in [3.63, 3.8) is 0 Å². The number of aliphatic hydroxyl groups is 1. The molecule has 23 heavy (non-hydrogen) atoms. The molecule has 1 aromatic rings. The zero-order chi connectivity index (χ0) is 16.1. The topological polar surface area (TPSA) is 76.1 Å². The molecule has 3 aliphatic heterocycles. The maximum atomic E-state index is 11.5. The molecule has 7 heteroatoms. The molecular formula is C16H21NO5S. The summed E-state index contributed by atoms with van der Waals surface area (Å²) in [5, 5.41) is 10.7. The molecule has 1 aromatic carbocycles. The zero-order valence-electron chi connectivity index (χ0n) is 12.9. The van der Waals surface area contributed by atoms with E-state index in [2.05, 4.69) is 4.90 Å². The second-order valence-electron chi connectivity index (χ2n) is 6.90. The van der Waals surface area contributed by atoms with Gasteiger partial charge in [0.2, 0.25) is 0 Å². The van der Waals surface area contributed by atoms with Gasteiger partial charge in [0, 0.05) is 19.5 Å². The van der Waals surface area contributed by atoms with Crippen molar-refractivity contribution in [2.75, 3.05) is 31.1 Å². The van der Waals surface area contributed by atoms with E-state index in [9.17, 15) is 13.5 Å². The average Bonchev–Trinajstić information content (AvgIpc) is 3.05. The van der Waals surface area contributed by atoms with Crippen molar-refractivity contribution in [1.82, 2.24) is 4.90 Å². The van der Waals surface area contributed by atoms with Gasteiger partial charge in [-0.3, -0.25) is 4.90 Å². The summed E-state index contributed by atoms with van der Waals surface area (Å²) < 4.78 is 35.1.